The van der Waals surface area contributed by atoms with Crippen molar-refractivity contribution in [2.75, 3.05) is 37.4 Å². The van der Waals surface area contributed by atoms with E-state index in [1.54, 1.807) is 31.3 Å². The van der Waals surface area contributed by atoms with E-state index in [-0.39, 0.29) is 37.6 Å². The summed E-state index contributed by atoms with van der Waals surface area (Å²) in [5.74, 6) is -0.111. The van der Waals surface area contributed by atoms with Crippen LogP contribution in [0.2, 0.25) is 0 Å². The third-order valence-corrected chi connectivity index (χ3v) is 3.41. The van der Waals surface area contributed by atoms with Gasteiger partial charge in [-0.15, -0.1) is 0 Å². The lowest BCUT2D eigenvalue weighted by molar-refractivity contribution is -0.116. The lowest BCUT2D eigenvalue weighted by Gasteiger charge is -2.22. The molecule has 0 fully saturated rings. The highest BCUT2D eigenvalue weighted by Crippen LogP contribution is 2.15. The minimum atomic E-state index is -0.362. The minimum absolute atomic E-state index is 0.0411. The van der Waals surface area contributed by atoms with E-state index < -0.39 is 0 Å². The fraction of sp³-hybridized carbons (Fsp3) is 0.529. The average Bonchev–Trinajstić information content (AvgIpc) is 2.53. The molecule has 0 bridgehead atoms. The van der Waals surface area contributed by atoms with Gasteiger partial charge < -0.3 is 25.7 Å². The molecule has 0 atom stereocenters. The van der Waals surface area contributed by atoms with Gasteiger partial charge in [0.25, 0.3) is 0 Å². The average molecular weight is 337 g/mol. The number of aliphatic hydroxyl groups is 2. The van der Waals surface area contributed by atoms with Crippen LogP contribution in [-0.2, 0) is 4.79 Å². The number of nitrogens with one attached hydrogen (secondary N) is 2. The molecule has 0 unspecified atom stereocenters. The molecule has 0 aliphatic carbocycles. The highest BCUT2D eigenvalue weighted by molar-refractivity contribution is 5.92. The predicted molar refractivity (Wildman–Crippen MR) is 93.8 cm³/mol. The zero-order chi connectivity index (χ0) is 18.1. The van der Waals surface area contributed by atoms with Gasteiger partial charge in [-0.1, -0.05) is 13.8 Å². The zero-order valence-electron chi connectivity index (χ0n) is 14.5. The number of carbonyl (C=O) groups is 2. The molecule has 134 valence electrons. The van der Waals surface area contributed by atoms with Gasteiger partial charge in [-0.3, -0.25) is 4.79 Å². The second kappa shape index (κ2) is 9.89. The highest BCUT2D eigenvalue weighted by atomic mass is 16.3. The lowest BCUT2D eigenvalue weighted by atomic mass is 10.1. The van der Waals surface area contributed by atoms with Crippen LogP contribution in [0.3, 0.4) is 0 Å². The number of aliphatic hydroxyl groups excluding tert-OH is 2. The first kappa shape index (κ1) is 19.9. The number of urea groups is 1. The van der Waals surface area contributed by atoms with Crippen molar-refractivity contribution in [1.29, 1.82) is 0 Å². The summed E-state index contributed by atoms with van der Waals surface area (Å²) in [6, 6.07) is 6.51. The van der Waals surface area contributed by atoms with Crippen molar-refractivity contribution in [3.05, 3.63) is 24.3 Å². The van der Waals surface area contributed by atoms with Gasteiger partial charge in [-0.2, -0.15) is 0 Å². The number of carbonyl (C=O) groups excluding carboxylic acids is 2. The second-order valence-electron chi connectivity index (χ2n) is 6.27. The third-order valence-electron chi connectivity index (χ3n) is 3.41. The van der Waals surface area contributed by atoms with Gasteiger partial charge in [0, 0.05) is 50.5 Å². The standard InChI is InChI=1S/C17H27N3O4/c1-12(2)8-16(23)18-14-4-6-15(7-5-14)19-17(24)20(3)9-13(10-21)11-22/h4-7,12-13,21-22H,8-11H2,1-3H3,(H,18,23)(H,19,24). The Hall–Kier alpha value is -2.12. The highest BCUT2D eigenvalue weighted by Gasteiger charge is 2.14. The predicted octanol–water partition coefficient (Wildman–Crippen LogP) is 1.74. The zero-order valence-corrected chi connectivity index (χ0v) is 14.5. The van der Waals surface area contributed by atoms with Gasteiger partial charge in [-0.25, -0.2) is 4.79 Å². The number of benzene rings is 1. The first-order valence-electron chi connectivity index (χ1n) is 7.99. The molecule has 1 aromatic rings. The topological polar surface area (TPSA) is 102 Å². The lowest BCUT2D eigenvalue weighted by Crippen LogP contribution is -2.37. The number of amides is 3. The molecule has 0 heterocycles. The number of anilines is 2. The van der Waals surface area contributed by atoms with Gasteiger partial charge >= 0.3 is 6.03 Å². The third kappa shape index (κ3) is 6.97. The first-order chi connectivity index (χ1) is 11.3. The summed E-state index contributed by atoms with van der Waals surface area (Å²) in [5, 5.41) is 23.6. The van der Waals surface area contributed by atoms with Crippen molar-refractivity contribution < 1.29 is 19.8 Å². The van der Waals surface area contributed by atoms with Crippen LogP contribution in [0.5, 0.6) is 0 Å². The monoisotopic (exact) mass is 337 g/mol. The van der Waals surface area contributed by atoms with Crippen molar-refractivity contribution in [1.82, 2.24) is 4.90 Å². The van der Waals surface area contributed by atoms with Gasteiger partial charge in [0.15, 0.2) is 0 Å². The Kier molecular flexibility index (Phi) is 8.21. The Labute approximate surface area is 142 Å². The van der Waals surface area contributed by atoms with E-state index in [0.29, 0.717) is 23.7 Å². The summed E-state index contributed by atoms with van der Waals surface area (Å²) in [7, 11) is 1.59. The molecular formula is C17H27N3O4. The summed E-state index contributed by atoms with van der Waals surface area (Å²) in [6.07, 6.45) is 0.458. The molecule has 3 amide bonds. The molecule has 0 aliphatic heterocycles. The summed E-state index contributed by atoms with van der Waals surface area (Å²) < 4.78 is 0. The molecule has 0 radical (unpaired) electrons. The van der Waals surface area contributed by atoms with E-state index in [9.17, 15) is 9.59 Å². The maximum absolute atomic E-state index is 12.0. The van der Waals surface area contributed by atoms with Crippen molar-refractivity contribution >= 4 is 23.3 Å². The largest absolute Gasteiger partial charge is 0.396 e. The smallest absolute Gasteiger partial charge is 0.321 e. The molecule has 1 rings (SSSR count). The van der Waals surface area contributed by atoms with Crippen molar-refractivity contribution in [3.8, 4) is 0 Å². The molecule has 0 saturated heterocycles. The Morgan fingerprint density at radius 1 is 1.04 bits per heavy atom. The molecule has 1 aromatic carbocycles. The molecular weight excluding hydrogens is 310 g/mol. The quantitative estimate of drug-likeness (QED) is 0.580. The van der Waals surface area contributed by atoms with Crippen molar-refractivity contribution in [2.45, 2.75) is 20.3 Å². The van der Waals surface area contributed by atoms with Crippen molar-refractivity contribution in [3.63, 3.8) is 0 Å². The maximum atomic E-state index is 12.0. The molecule has 0 aliphatic rings. The van der Waals surface area contributed by atoms with E-state index in [1.165, 1.54) is 4.90 Å². The fourth-order valence-electron chi connectivity index (χ4n) is 2.08. The van der Waals surface area contributed by atoms with E-state index >= 15 is 0 Å². The Bertz CT molecular complexity index is 527. The van der Waals surface area contributed by atoms with E-state index in [1.807, 2.05) is 13.8 Å². The molecule has 0 spiro atoms. The number of hydrogen-bond acceptors (Lipinski definition) is 4. The van der Waals surface area contributed by atoms with Gasteiger partial charge in [0.05, 0.1) is 0 Å². The summed E-state index contributed by atoms with van der Waals surface area (Å²) in [5.41, 5.74) is 1.27. The summed E-state index contributed by atoms with van der Waals surface area (Å²) in [4.78, 5) is 25.1. The Morgan fingerprint density at radius 2 is 1.54 bits per heavy atom. The fourth-order valence-corrected chi connectivity index (χ4v) is 2.08. The molecule has 4 N–H and O–H groups in total. The van der Waals surface area contributed by atoms with Crippen LogP contribution in [0.4, 0.5) is 16.2 Å². The van der Waals surface area contributed by atoms with Crippen LogP contribution in [0.25, 0.3) is 0 Å². The van der Waals surface area contributed by atoms with Crippen LogP contribution in [0.1, 0.15) is 20.3 Å². The van der Waals surface area contributed by atoms with Crippen molar-refractivity contribution in [2.24, 2.45) is 11.8 Å². The molecule has 7 nitrogen and oxygen atoms in total. The first-order valence-corrected chi connectivity index (χ1v) is 7.99. The number of hydrogen-bond donors (Lipinski definition) is 4. The van der Waals surface area contributed by atoms with Gasteiger partial charge in [-0.05, 0) is 30.2 Å². The maximum Gasteiger partial charge on any atom is 0.321 e. The molecule has 24 heavy (non-hydrogen) atoms. The van der Waals surface area contributed by atoms with E-state index in [2.05, 4.69) is 10.6 Å². The normalized spacial score (nSPS) is 10.8. The SMILES string of the molecule is CC(C)CC(=O)Nc1ccc(NC(=O)N(C)CC(CO)CO)cc1. The van der Waals surface area contributed by atoms with E-state index in [4.69, 9.17) is 10.2 Å². The number of rotatable bonds is 8. The van der Waals surface area contributed by atoms with Gasteiger partial charge in [0.1, 0.15) is 0 Å². The Morgan fingerprint density at radius 3 is 2.00 bits per heavy atom. The summed E-state index contributed by atoms with van der Waals surface area (Å²) >= 11 is 0. The van der Waals surface area contributed by atoms with Crippen LogP contribution in [-0.4, -0.2) is 53.9 Å². The molecule has 7 heteroatoms. The van der Waals surface area contributed by atoms with Gasteiger partial charge in [0.2, 0.25) is 5.91 Å². The molecule has 0 saturated carbocycles. The Balaban J connectivity index is 2.54. The van der Waals surface area contributed by atoms with Crippen LogP contribution in [0.15, 0.2) is 24.3 Å². The number of nitrogens with zero attached hydrogens (tertiary/aromatic N) is 1. The van der Waals surface area contributed by atoms with Crippen LogP contribution < -0.4 is 10.6 Å². The second-order valence-corrected chi connectivity index (χ2v) is 6.27. The van der Waals surface area contributed by atoms with Crippen LogP contribution in [0, 0.1) is 11.8 Å². The van der Waals surface area contributed by atoms with Crippen LogP contribution >= 0.6 is 0 Å². The minimum Gasteiger partial charge on any atom is -0.396 e. The summed E-state index contributed by atoms with van der Waals surface area (Å²) in [6.45, 7) is 3.85. The van der Waals surface area contributed by atoms with E-state index in [0.717, 1.165) is 0 Å². The molecule has 0 aromatic heterocycles.